The second-order valence-corrected chi connectivity index (χ2v) is 4.19. The summed E-state index contributed by atoms with van der Waals surface area (Å²) in [6, 6.07) is 5.80. The molecule has 17 heavy (non-hydrogen) atoms. The average Bonchev–Trinajstić information content (AvgIpc) is 2.29. The monoisotopic (exact) mass is 256 g/mol. The van der Waals surface area contributed by atoms with Gasteiger partial charge in [-0.05, 0) is 19.1 Å². The fourth-order valence-electron chi connectivity index (χ4n) is 1.19. The lowest BCUT2D eigenvalue weighted by Gasteiger charge is -2.02. The molecular weight excluding hydrogens is 243 g/mol. The molecule has 0 heterocycles. The molecule has 0 radical (unpaired) electrons. The highest BCUT2D eigenvalue weighted by Gasteiger charge is 2.11. The van der Waals surface area contributed by atoms with Crippen molar-refractivity contribution in [3.63, 3.8) is 0 Å². The largest absolute Gasteiger partial charge is 0.465 e. The number of halogens is 1. The zero-order valence-corrected chi connectivity index (χ0v) is 10.3. The fourth-order valence-corrected chi connectivity index (χ4v) is 1.89. The number of benzene rings is 1. The molecule has 0 N–H and O–H groups in total. The molecule has 1 aromatic rings. The van der Waals surface area contributed by atoms with Crippen LogP contribution in [-0.4, -0.2) is 29.9 Å². The number of hydrogen-bond acceptors (Lipinski definition) is 4. The van der Waals surface area contributed by atoms with Gasteiger partial charge in [0.15, 0.2) is 5.78 Å². The Hall–Kier alpha value is -1.36. The summed E-state index contributed by atoms with van der Waals surface area (Å²) < 4.78 is 17.9. The van der Waals surface area contributed by atoms with E-state index in [-0.39, 0.29) is 28.8 Å². The summed E-state index contributed by atoms with van der Waals surface area (Å²) in [7, 11) is 0. The molecule has 0 amide bonds. The lowest BCUT2D eigenvalue weighted by atomic mass is 10.1. The van der Waals surface area contributed by atoms with Gasteiger partial charge in [-0.3, -0.25) is 9.59 Å². The molecule has 0 bridgehead atoms. The van der Waals surface area contributed by atoms with Gasteiger partial charge in [-0.2, -0.15) is 0 Å². The maximum Gasteiger partial charge on any atom is 0.315 e. The SMILES string of the molecule is CCOC(=O)CSCC(=O)c1ccccc1F. The fraction of sp³-hybridized carbons (Fsp3) is 0.333. The molecule has 0 aliphatic heterocycles. The molecule has 0 fully saturated rings. The molecule has 0 spiro atoms. The van der Waals surface area contributed by atoms with Crippen molar-refractivity contribution in [2.75, 3.05) is 18.1 Å². The first-order chi connectivity index (χ1) is 8.15. The third-order valence-electron chi connectivity index (χ3n) is 1.93. The molecule has 0 unspecified atom stereocenters. The van der Waals surface area contributed by atoms with Crippen molar-refractivity contribution in [2.24, 2.45) is 0 Å². The van der Waals surface area contributed by atoms with Crippen molar-refractivity contribution in [2.45, 2.75) is 6.92 Å². The normalized spacial score (nSPS) is 10.0. The van der Waals surface area contributed by atoms with Gasteiger partial charge in [0.25, 0.3) is 0 Å². The van der Waals surface area contributed by atoms with Gasteiger partial charge in [-0.15, -0.1) is 11.8 Å². The van der Waals surface area contributed by atoms with Gasteiger partial charge in [0.2, 0.25) is 0 Å². The number of esters is 1. The van der Waals surface area contributed by atoms with E-state index in [1.54, 1.807) is 13.0 Å². The van der Waals surface area contributed by atoms with Crippen LogP contribution in [0.3, 0.4) is 0 Å². The van der Waals surface area contributed by atoms with Gasteiger partial charge in [0.1, 0.15) is 5.82 Å². The van der Waals surface area contributed by atoms with Crippen molar-refractivity contribution in [1.82, 2.24) is 0 Å². The average molecular weight is 256 g/mol. The number of carbonyl (C=O) groups is 2. The van der Waals surface area contributed by atoms with Gasteiger partial charge in [-0.1, -0.05) is 12.1 Å². The molecule has 0 aromatic heterocycles. The van der Waals surface area contributed by atoms with Crippen LogP contribution in [0.5, 0.6) is 0 Å². The second kappa shape index (κ2) is 7.06. The lowest BCUT2D eigenvalue weighted by Crippen LogP contribution is -2.10. The van der Waals surface area contributed by atoms with Gasteiger partial charge >= 0.3 is 5.97 Å². The molecule has 0 saturated heterocycles. The van der Waals surface area contributed by atoms with Crippen molar-refractivity contribution in [3.8, 4) is 0 Å². The van der Waals surface area contributed by atoms with Gasteiger partial charge in [0, 0.05) is 0 Å². The van der Waals surface area contributed by atoms with Crippen LogP contribution in [0.2, 0.25) is 0 Å². The number of ketones is 1. The van der Waals surface area contributed by atoms with Crippen LogP contribution in [0.25, 0.3) is 0 Å². The van der Waals surface area contributed by atoms with E-state index in [1.165, 1.54) is 18.2 Å². The van der Waals surface area contributed by atoms with Crippen LogP contribution >= 0.6 is 11.8 Å². The number of hydrogen-bond donors (Lipinski definition) is 0. The van der Waals surface area contributed by atoms with Gasteiger partial charge < -0.3 is 4.74 Å². The summed E-state index contributed by atoms with van der Waals surface area (Å²) in [5.74, 6) is -1.04. The number of ether oxygens (including phenoxy) is 1. The van der Waals surface area contributed by atoms with Crippen molar-refractivity contribution in [1.29, 1.82) is 0 Å². The Bertz CT molecular complexity index is 406. The zero-order valence-electron chi connectivity index (χ0n) is 9.44. The summed E-state index contributed by atoms with van der Waals surface area (Å²) in [6.07, 6.45) is 0. The summed E-state index contributed by atoms with van der Waals surface area (Å²) in [4.78, 5) is 22.6. The van der Waals surface area contributed by atoms with E-state index < -0.39 is 5.82 Å². The van der Waals surface area contributed by atoms with Crippen LogP contribution in [-0.2, 0) is 9.53 Å². The maximum atomic E-state index is 13.2. The molecule has 5 heteroatoms. The van der Waals surface area contributed by atoms with Crippen LogP contribution in [0.1, 0.15) is 17.3 Å². The van der Waals surface area contributed by atoms with E-state index in [0.717, 1.165) is 11.8 Å². The number of thioether (sulfide) groups is 1. The molecule has 1 aromatic carbocycles. The summed E-state index contributed by atoms with van der Waals surface area (Å²) >= 11 is 1.12. The van der Waals surface area contributed by atoms with E-state index in [9.17, 15) is 14.0 Å². The highest BCUT2D eigenvalue weighted by atomic mass is 32.2. The summed E-state index contributed by atoms with van der Waals surface area (Å²) in [5.41, 5.74) is 0.0591. The highest BCUT2D eigenvalue weighted by molar-refractivity contribution is 8.00. The Morgan fingerprint density at radius 1 is 1.29 bits per heavy atom. The topological polar surface area (TPSA) is 43.4 Å². The van der Waals surface area contributed by atoms with E-state index in [2.05, 4.69) is 0 Å². The third kappa shape index (κ3) is 4.56. The Morgan fingerprint density at radius 3 is 2.65 bits per heavy atom. The molecule has 0 aliphatic rings. The van der Waals surface area contributed by atoms with Crippen LogP contribution < -0.4 is 0 Å². The molecule has 0 saturated carbocycles. The van der Waals surface area contributed by atoms with Crippen molar-refractivity contribution >= 4 is 23.5 Å². The quantitative estimate of drug-likeness (QED) is 0.578. The molecule has 0 atom stereocenters. The first-order valence-electron chi connectivity index (χ1n) is 5.16. The van der Waals surface area contributed by atoms with E-state index in [1.807, 2.05) is 0 Å². The minimum absolute atomic E-state index is 0.0591. The molecule has 1 rings (SSSR count). The summed E-state index contributed by atoms with van der Waals surface area (Å²) in [5, 5.41) is 0. The van der Waals surface area contributed by atoms with Crippen molar-refractivity contribution < 1.29 is 18.7 Å². The van der Waals surface area contributed by atoms with E-state index in [4.69, 9.17) is 4.74 Å². The molecule has 3 nitrogen and oxygen atoms in total. The van der Waals surface area contributed by atoms with E-state index in [0.29, 0.717) is 6.61 Å². The number of carbonyl (C=O) groups excluding carboxylic acids is 2. The van der Waals surface area contributed by atoms with Crippen LogP contribution in [0.4, 0.5) is 4.39 Å². The summed E-state index contributed by atoms with van der Waals surface area (Å²) in [6.45, 7) is 2.04. The van der Waals surface area contributed by atoms with Crippen LogP contribution in [0.15, 0.2) is 24.3 Å². The first-order valence-corrected chi connectivity index (χ1v) is 6.31. The maximum absolute atomic E-state index is 13.2. The van der Waals surface area contributed by atoms with Crippen LogP contribution in [0, 0.1) is 5.82 Å². The Morgan fingerprint density at radius 2 is 2.00 bits per heavy atom. The Balaban J connectivity index is 2.41. The molecule has 92 valence electrons. The van der Waals surface area contributed by atoms with Gasteiger partial charge in [-0.25, -0.2) is 4.39 Å². The smallest absolute Gasteiger partial charge is 0.315 e. The first kappa shape index (κ1) is 13.7. The number of rotatable bonds is 6. The second-order valence-electron chi connectivity index (χ2n) is 3.20. The minimum atomic E-state index is -0.533. The Labute approximate surface area is 103 Å². The third-order valence-corrected chi connectivity index (χ3v) is 2.84. The minimum Gasteiger partial charge on any atom is -0.465 e. The predicted octanol–water partition coefficient (Wildman–Crippen LogP) is 2.30. The van der Waals surface area contributed by atoms with Gasteiger partial charge in [0.05, 0.1) is 23.7 Å². The standard InChI is InChI=1S/C12H13FO3S/c1-2-16-12(15)8-17-7-11(14)9-5-3-4-6-10(9)13/h3-6H,2,7-8H2,1H3. The lowest BCUT2D eigenvalue weighted by molar-refractivity contribution is -0.139. The molecular formula is C12H13FO3S. The zero-order chi connectivity index (χ0) is 12.7. The van der Waals surface area contributed by atoms with Crippen molar-refractivity contribution in [3.05, 3.63) is 35.6 Å². The highest BCUT2D eigenvalue weighted by Crippen LogP contribution is 2.11. The van der Waals surface area contributed by atoms with E-state index >= 15 is 0 Å². The molecule has 0 aliphatic carbocycles. The number of Topliss-reactive ketones (excluding diaryl/α,β-unsaturated/α-hetero) is 1. The predicted molar refractivity (Wildman–Crippen MR) is 64.7 cm³/mol. The Kier molecular flexibility index (Phi) is 5.69.